The maximum Gasteiger partial charge on any atom is 0.156 e. The molecular formula is C20H27N4O+. The van der Waals surface area contributed by atoms with Crippen molar-refractivity contribution in [3.8, 4) is 17.0 Å². The Hall–Kier alpha value is -2.40. The first-order valence-corrected chi connectivity index (χ1v) is 8.72. The largest absolute Gasteiger partial charge is 0.491 e. The molecule has 2 aromatic heterocycles. The SMILES string of the molecule is CC(C)Oc1ccc(-c2[nH]c3nccnc3c2CC[N+](C)(C)C)cc1. The molecule has 0 saturated carbocycles. The van der Waals surface area contributed by atoms with Crippen molar-refractivity contribution in [3.05, 3.63) is 42.2 Å². The quantitative estimate of drug-likeness (QED) is 0.697. The number of benzene rings is 1. The molecule has 1 N–H and O–H groups in total. The fraction of sp³-hybridized carbons (Fsp3) is 0.400. The lowest BCUT2D eigenvalue weighted by Gasteiger charge is -2.23. The fourth-order valence-electron chi connectivity index (χ4n) is 2.87. The van der Waals surface area contributed by atoms with Crippen molar-refractivity contribution in [2.45, 2.75) is 26.4 Å². The molecule has 0 aliphatic heterocycles. The molecule has 3 rings (SSSR count). The lowest BCUT2D eigenvalue weighted by molar-refractivity contribution is -0.870. The van der Waals surface area contributed by atoms with Crippen LogP contribution in [0.2, 0.25) is 0 Å². The first kappa shape index (κ1) is 17.4. The van der Waals surface area contributed by atoms with E-state index in [-0.39, 0.29) is 6.10 Å². The number of nitrogens with zero attached hydrogens (tertiary/aromatic N) is 3. The van der Waals surface area contributed by atoms with Crippen LogP contribution in [-0.4, -0.2) is 53.2 Å². The van der Waals surface area contributed by atoms with Gasteiger partial charge in [-0.15, -0.1) is 0 Å². The Labute approximate surface area is 149 Å². The highest BCUT2D eigenvalue weighted by atomic mass is 16.5. The van der Waals surface area contributed by atoms with Crippen LogP contribution in [-0.2, 0) is 6.42 Å². The molecule has 2 heterocycles. The van der Waals surface area contributed by atoms with E-state index in [1.807, 2.05) is 26.0 Å². The first-order valence-electron chi connectivity index (χ1n) is 8.72. The van der Waals surface area contributed by atoms with E-state index >= 15 is 0 Å². The Bertz CT molecular complexity index is 844. The molecule has 0 radical (unpaired) electrons. The van der Waals surface area contributed by atoms with Crippen LogP contribution in [0.25, 0.3) is 22.4 Å². The van der Waals surface area contributed by atoms with Crippen molar-refractivity contribution >= 4 is 11.2 Å². The van der Waals surface area contributed by atoms with Crippen LogP contribution in [0.3, 0.4) is 0 Å². The average Bonchev–Trinajstić information content (AvgIpc) is 2.91. The van der Waals surface area contributed by atoms with Gasteiger partial charge in [-0.05, 0) is 43.7 Å². The lowest BCUT2D eigenvalue weighted by Crippen LogP contribution is -2.36. The van der Waals surface area contributed by atoms with Gasteiger partial charge in [-0.1, -0.05) is 0 Å². The summed E-state index contributed by atoms with van der Waals surface area (Å²) in [7, 11) is 6.62. The number of quaternary nitrogens is 1. The Kier molecular flexibility index (Phi) is 4.77. The minimum absolute atomic E-state index is 0.174. The Morgan fingerprint density at radius 1 is 1.04 bits per heavy atom. The van der Waals surface area contributed by atoms with Crippen LogP contribution in [0.1, 0.15) is 19.4 Å². The third-order valence-electron chi connectivity index (χ3n) is 4.08. The number of H-pyrrole nitrogens is 1. The van der Waals surface area contributed by atoms with Crippen molar-refractivity contribution in [3.63, 3.8) is 0 Å². The van der Waals surface area contributed by atoms with E-state index in [0.717, 1.165) is 45.6 Å². The van der Waals surface area contributed by atoms with Gasteiger partial charge in [0.15, 0.2) is 5.65 Å². The number of likely N-dealkylation sites (N-methyl/N-ethyl adjacent to an activating group) is 1. The number of aromatic nitrogens is 3. The summed E-state index contributed by atoms with van der Waals surface area (Å²) in [6.45, 7) is 5.10. The van der Waals surface area contributed by atoms with Crippen LogP contribution in [0.5, 0.6) is 5.75 Å². The van der Waals surface area contributed by atoms with Crippen molar-refractivity contribution in [2.24, 2.45) is 0 Å². The average molecular weight is 339 g/mol. The van der Waals surface area contributed by atoms with E-state index in [9.17, 15) is 0 Å². The van der Waals surface area contributed by atoms with Crippen molar-refractivity contribution < 1.29 is 9.22 Å². The van der Waals surface area contributed by atoms with Crippen LogP contribution in [0.4, 0.5) is 0 Å². The molecule has 5 nitrogen and oxygen atoms in total. The van der Waals surface area contributed by atoms with Gasteiger partial charge in [0.25, 0.3) is 0 Å². The van der Waals surface area contributed by atoms with Crippen LogP contribution in [0.15, 0.2) is 36.7 Å². The smallest absolute Gasteiger partial charge is 0.156 e. The fourth-order valence-corrected chi connectivity index (χ4v) is 2.87. The second-order valence-corrected chi connectivity index (χ2v) is 7.69. The summed E-state index contributed by atoms with van der Waals surface area (Å²) < 4.78 is 6.66. The molecule has 0 bridgehead atoms. The van der Waals surface area contributed by atoms with Gasteiger partial charge in [0.05, 0.1) is 39.5 Å². The van der Waals surface area contributed by atoms with Crippen LogP contribution >= 0.6 is 0 Å². The van der Waals surface area contributed by atoms with Crippen molar-refractivity contribution in [2.75, 3.05) is 27.7 Å². The second kappa shape index (κ2) is 6.84. The highest BCUT2D eigenvalue weighted by molar-refractivity contribution is 5.85. The Morgan fingerprint density at radius 3 is 2.36 bits per heavy atom. The summed E-state index contributed by atoms with van der Waals surface area (Å²) >= 11 is 0. The molecule has 0 amide bonds. The molecule has 0 atom stereocenters. The summed E-state index contributed by atoms with van der Waals surface area (Å²) in [5, 5.41) is 0. The molecule has 0 fully saturated rings. The van der Waals surface area contributed by atoms with E-state index in [4.69, 9.17) is 4.74 Å². The summed E-state index contributed by atoms with van der Waals surface area (Å²) in [6.07, 6.45) is 4.61. The lowest BCUT2D eigenvalue weighted by atomic mass is 10.0. The minimum atomic E-state index is 0.174. The van der Waals surface area contributed by atoms with Gasteiger partial charge in [-0.3, -0.25) is 4.98 Å². The van der Waals surface area contributed by atoms with Gasteiger partial charge in [-0.2, -0.15) is 0 Å². The molecule has 0 spiro atoms. The molecule has 0 unspecified atom stereocenters. The van der Waals surface area contributed by atoms with Gasteiger partial charge in [0.1, 0.15) is 11.3 Å². The van der Waals surface area contributed by atoms with Crippen LogP contribution in [0, 0.1) is 0 Å². The number of rotatable bonds is 6. The molecule has 0 aliphatic carbocycles. The number of hydrogen-bond acceptors (Lipinski definition) is 3. The normalized spacial score (nSPS) is 12.1. The zero-order chi connectivity index (χ0) is 18.0. The standard InChI is InChI=1S/C20H27N4O/c1-14(2)25-16-8-6-15(7-9-16)18-17(10-13-24(3,4)5)19-20(23-18)22-12-11-21-19/h6-9,11-12,14H,10,13H2,1-5H3,(H,22,23)/q+1. The Morgan fingerprint density at radius 2 is 1.72 bits per heavy atom. The maximum absolute atomic E-state index is 5.75. The molecule has 5 heteroatoms. The van der Waals surface area contributed by atoms with E-state index in [2.05, 4.69) is 48.2 Å². The number of hydrogen-bond donors (Lipinski definition) is 1. The summed E-state index contributed by atoms with van der Waals surface area (Å²) in [4.78, 5) is 12.5. The Balaban J connectivity index is 1.99. The number of ether oxygens (including phenoxy) is 1. The molecular weight excluding hydrogens is 312 g/mol. The highest BCUT2D eigenvalue weighted by Gasteiger charge is 2.18. The summed E-state index contributed by atoms with van der Waals surface area (Å²) in [5.74, 6) is 0.888. The molecule has 132 valence electrons. The predicted molar refractivity (Wildman–Crippen MR) is 102 cm³/mol. The summed E-state index contributed by atoms with van der Waals surface area (Å²) in [5.41, 5.74) is 5.27. The molecule has 25 heavy (non-hydrogen) atoms. The third kappa shape index (κ3) is 4.17. The van der Waals surface area contributed by atoms with Crippen molar-refractivity contribution in [1.82, 2.24) is 15.0 Å². The van der Waals surface area contributed by atoms with Gasteiger partial charge in [-0.25, -0.2) is 4.98 Å². The topological polar surface area (TPSA) is 50.8 Å². The van der Waals surface area contributed by atoms with E-state index in [1.54, 1.807) is 12.4 Å². The van der Waals surface area contributed by atoms with Gasteiger partial charge in [0.2, 0.25) is 0 Å². The number of nitrogens with one attached hydrogen (secondary N) is 1. The third-order valence-corrected chi connectivity index (χ3v) is 4.08. The minimum Gasteiger partial charge on any atom is -0.491 e. The molecule has 0 saturated heterocycles. The number of fused-ring (bicyclic) bond motifs is 1. The van der Waals surface area contributed by atoms with Gasteiger partial charge >= 0.3 is 0 Å². The molecule has 0 aliphatic rings. The first-order chi connectivity index (χ1) is 11.8. The predicted octanol–water partition coefficient (Wildman–Crippen LogP) is 3.66. The van der Waals surface area contributed by atoms with E-state index in [0.29, 0.717) is 0 Å². The second-order valence-electron chi connectivity index (χ2n) is 7.69. The van der Waals surface area contributed by atoms with Gasteiger partial charge in [0, 0.05) is 24.4 Å². The van der Waals surface area contributed by atoms with Gasteiger partial charge < -0.3 is 14.2 Å². The van der Waals surface area contributed by atoms with Crippen LogP contribution < -0.4 is 4.74 Å². The molecule has 1 aromatic carbocycles. The van der Waals surface area contributed by atoms with Crippen molar-refractivity contribution in [1.29, 1.82) is 0 Å². The maximum atomic E-state index is 5.75. The summed E-state index contributed by atoms with van der Waals surface area (Å²) in [6, 6.07) is 8.23. The zero-order valence-corrected chi connectivity index (χ0v) is 15.7. The number of aromatic amines is 1. The van der Waals surface area contributed by atoms with E-state index < -0.39 is 0 Å². The monoisotopic (exact) mass is 339 g/mol. The molecule has 3 aromatic rings. The van der Waals surface area contributed by atoms with E-state index in [1.165, 1.54) is 5.56 Å². The zero-order valence-electron chi connectivity index (χ0n) is 15.7. The highest BCUT2D eigenvalue weighted by Crippen LogP contribution is 2.30.